The molecule has 0 amide bonds. The third-order valence-electron chi connectivity index (χ3n) is 2.34. The van der Waals surface area contributed by atoms with Gasteiger partial charge in [0.15, 0.2) is 0 Å². The summed E-state index contributed by atoms with van der Waals surface area (Å²) >= 11 is 0. The Morgan fingerprint density at radius 3 is 2.57 bits per heavy atom. The van der Waals surface area contributed by atoms with Gasteiger partial charge in [0.1, 0.15) is 0 Å². The molecule has 70 valence electrons. The molecule has 0 heterocycles. The molecule has 0 aromatic heterocycles. The predicted octanol–water partition coefficient (Wildman–Crippen LogP) is 2.96. The maximum atomic E-state index is 8.54. The van der Waals surface area contributed by atoms with Crippen molar-refractivity contribution in [1.29, 1.82) is 0 Å². The first-order valence-corrected chi connectivity index (χ1v) is 4.48. The number of hydrogen-bond donors (Lipinski definition) is 1. The Morgan fingerprint density at radius 1 is 1.14 bits per heavy atom. The van der Waals surface area contributed by atoms with Crippen molar-refractivity contribution >= 4 is 17.0 Å². The Bertz CT molecular complexity index is 483. The van der Waals surface area contributed by atoms with Crippen molar-refractivity contribution in [2.75, 3.05) is 0 Å². The van der Waals surface area contributed by atoms with E-state index in [1.807, 2.05) is 18.2 Å². The van der Waals surface area contributed by atoms with Crippen LogP contribution in [0.3, 0.4) is 0 Å². The fourth-order valence-electron chi connectivity index (χ4n) is 1.73. The van der Waals surface area contributed by atoms with Crippen LogP contribution in [0.2, 0.25) is 0 Å². The molecule has 2 rings (SSSR count). The average Bonchev–Trinajstić information content (AvgIpc) is 2.19. The molecule has 0 saturated carbocycles. The quantitative estimate of drug-likeness (QED) is 0.413. The first-order chi connectivity index (χ1) is 6.83. The van der Waals surface area contributed by atoms with Crippen molar-refractivity contribution < 1.29 is 5.21 Å². The van der Waals surface area contributed by atoms with Gasteiger partial charge in [-0.15, -0.1) is 0 Å². The Balaban J connectivity index is 2.84. The summed E-state index contributed by atoms with van der Waals surface area (Å²) in [5.74, 6) is 0. The molecule has 14 heavy (non-hydrogen) atoms. The second-order valence-corrected chi connectivity index (χ2v) is 3.26. The fraction of sp³-hybridized carbons (Fsp3) is 0.0833. The molecule has 0 spiro atoms. The molecule has 0 aliphatic carbocycles. The summed E-state index contributed by atoms with van der Waals surface area (Å²) in [7, 11) is 0. The maximum absolute atomic E-state index is 8.54. The van der Waals surface area contributed by atoms with Gasteiger partial charge in [-0.1, -0.05) is 41.6 Å². The van der Waals surface area contributed by atoms with Gasteiger partial charge in [-0.05, 0) is 23.3 Å². The minimum atomic E-state index is 0.947. The standard InChI is InChI=1S/C12H11NO/c1-9-4-2-5-10-6-3-7-11(8-13-14)12(9)10/h2-8,14H,1H3. The summed E-state index contributed by atoms with van der Waals surface area (Å²) < 4.78 is 0. The van der Waals surface area contributed by atoms with Crippen molar-refractivity contribution in [3.05, 3.63) is 47.5 Å². The molecule has 2 heteroatoms. The van der Waals surface area contributed by atoms with Gasteiger partial charge in [-0.3, -0.25) is 0 Å². The van der Waals surface area contributed by atoms with E-state index < -0.39 is 0 Å². The van der Waals surface area contributed by atoms with E-state index in [4.69, 9.17) is 5.21 Å². The second-order valence-electron chi connectivity index (χ2n) is 3.26. The van der Waals surface area contributed by atoms with Crippen LogP contribution >= 0.6 is 0 Å². The molecule has 1 N–H and O–H groups in total. The molecule has 0 saturated heterocycles. The van der Waals surface area contributed by atoms with Gasteiger partial charge < -0.3 is 5.21 Å². The van der Waals surface area contributed by atoms with Crippen LogP contribution in [-0.4, -0.2) is 11.4 Å². The minimum absolute atomic E-state index is 0.947. The number of rotatable bonds is 1. The Morgan fingerprint density at radius 2 is 1.86 bits per heavy atom. The summed E-state index contributed by atoms with van der Waals surface area (Å²) in [5.41, 5.74) is 2.14. The summed E-state index contributed by atoms with van der Waals surface area (Å²) in [6, 6.07) is 12.1. The number of oxime groups is 1. The maximum Gasteiger partial charge on any atom is 0.0740 e. The molecule has 0 aliphatic rings. The highest BCUT2D eigenvalue weighted by atomic mass is 16.4. The molecule has 0 radical (unpaired) electrons. The monoisotopic (exact) mass is 185 g/mol. The molecular weight excluding hydrogens is 174 g/mol. The highest BCUT2D eigenvalue weighted by Crippen LogP contribution is 2.21. The van der Waals surface area contributed by atoms with Crippen LogP contribution in [0.5, 0.6) is 0 Å². The van der Waals surface area contributed by atoms with Crippen LogP contribution in [-0.2, 0) is 0 Å². The van der Waals surface area contributed by atoms with Crippen molar-refractivity contribution in [2.45, 2.75) is 6.92 Å². The summed E-state index contributed by atoms with van der Waals surface area (Å²) in [6.45, 7) is 2.05. The molecule has 0 fully saturated rings. The lowest BCUT2D eigenvalue weighted by molar-refractivity contribution is 0.322. The summed E-state index contributed by atoms with van der Waals surface area (Å²) in [4.78, 5) is 0. The number of benzene rings is 2. The van der Waals surface area contributed by atoms with E-state index >= 15 is 0 Å². The Kier molecular flexibility index (Phi) is 2.19. The zero-order chi connectivity index (χ0) is 9.97. The largest absolute Gasteiger partial charge is 0.411 e. The minimum Gasteiger partial charge on any atom is -0.411 e. The lowest BCUT2D eigenvalue weighted by Gasteiger charge is -2.04. The molecule has 0 unspecified atom stereocenters. The first-order valence-electron chi connectivity index (χ1n) is 4.48. The van der Waals surface area contributed by atoms with E-state index in [0.29, 0.717) is 0 Å². The number of hydrogen-bond acceptors (Lipinski definition) is 2. The highest BCUT2D eigenvalue weighted by Gasteiger charge is 2.00. The predicted molar refractivity (Wildman–Crippen MR) is 58.1 cm³/mol. The van der Waals surface area contributed by atoms with Gasteiger partial charge in [0, 0.05) is 5.56 Å². The molecular formula is C12H11NO. The zero-order valence-corrected chi connectivity index (χ0v) is 7.94. The highest BCUT2D eigenvalue weighted by molar-refractivity contribution is 6.01. The molecule has 2 aromatic rings. The number of aryl methyl sites for hydroxylation is 1. The van der Waals surface area contributed by atoms with Crippen molar-refractivity contribution in [3.8, 4) is 0 Å². The van der Waals surface area contributed by atoms with Gasteiger partial charge in [0.05, 0.1) is 6.21 Å². The Labute approximate surface area is 82.5 Å². The van der Waals surface area contributed by atoms with Crippen LogP contribution < -0.4 is 0 Å². The topological polar surface area (TPSA) is 32.6 Å². The second kappa shape index (κ2) is 3.50. The van der Waals surface area contributed by atoms with Crippen molar-refractivity contribution in [1.82, 2.24) is 0 Å². The van der Waals surface area contributed by atoms with Crippen LogP contribution in [0, 0.1) is 6.92 Å². The molecule has 2 aromatic carbocycles. The fourth-order valence-corrected chi connectivity index (χ4v) is 1.73. The molecule has 0 atom stereocenters. The van der Waals surface area contributed by atoms with E-state index in [1.54, 1.807) is 0 Å². The molecule has 2 nitrogen and oxygen atoms in total. The van der Waals surface area contributed by atoms with Crippen LogP contribution in [0.1, 0.15) is 11.1 Å². The van der Waals surface area contributed by atoms with Gasteiger partial charge in [0.2, 0.25) is 0 Å². The van der Waals surface area contributed by atoms with Gasteiger partial charge in [0.25, 0.3) is 0 Å². The lowest BCUT2D eigenvalue weighted by Crippen LogP contribution is -1.86. The van der Waals surface area contributed by atoms with Gasteiger partial charge in [-0.25, -0.2) is 0 Å². The van der Waals surface area contributed by atoms with Crippen molar-refractivity contribution in [2.24, 2.45) is 5.16 Å². The van der Waals surface area contributed by atoms with Gasteiger partial charge >= 0.3 is 0 Å². The van der Waals surface area contributed by atoms with E-state index in [0.717, 1.165) is 10.9 Å². The van der Waals surface area contributed by atoms with Crippen molar-refractivity contribution in [3.63, 3.8) is 0 Å². The summed E-state index contributed by atoms with van der Waals surface area (Å²) in [6.07, 6.45) is 1.47. The van der Waals surface area contributed by atoms with Crippen LogP contribution in [0.4, 0.5) is 0 Å². The van der Waals surface area contributed by atoms with Gasteiger partial charge in [-0.2, -0.15) is 0 Å². The zero-order valence-electron chi connectivity index (χ0n) is 7.94. The average molecular weight is 185 g/mol. The smallest absolute Gasteiger partial charge is 0.0740 e. The first kappa shape index (κ1) is 8.75. The van der Waals surface area contributed by atoms with Crippen LogP contribution in [0.25, 0.3) is 10.8 Å². The molecule has 0 aliphatic heterocycles. The third kappa shape index (κ3) is 1.35. The Hall–Kier alpha value is -1.83. The van der Waals surface area contributed by atoms with E-state index in [-0.39, 0.29) is 0 Å². The number of fused-ring (bicyclic) bond motifs is 1. The van der Waals surface area contributed by atoms with E-state index in [9.17, 15) is 0 Å². The SMILES string of the molecule is Cc1cccc2cccc(C=NO)c12. The van der Waals surface area contributed by atoms with Crippen LogP contribution in [0.15, 0.2) is 41.6 Å². The van der Waals surface area contributed by atoms with E-state index in [1.165, 1.54) is 17.2 Å². The summed E-state index contributed by atoms with van der Waals surface area (Å²) in [5, 5.41) is 13.9. The van der Waals surface area contributed by atoms with E-state index in [2.05, 4.69) is 30.3 Å². The lowest BCUT2D eigenvalue weighted by atomic mass is 10.0. The third-order valence-corrected chi connectivity index (χ3v) is 2.34. The molecule has 0 bridgehead atoms. The number of nitrogens with zero attached hydrogens (tertiary/aromatic N) is 1. The normalized spacial score (nSPS) is 11.2.